The number of furan rings is 1. The topological polar surface area (TPSA) is 77.2 Å². The number of nitrogens with zero attached hydrogens (tertiary/aromatic N) is 1. The summed E-state index contributed by atoms with van der Waals surface area (Å²) < 4.78 is 5.15. The largest absolute Gasteiger partial charge is 0.449 e. The fraction of sp³-hybridized carbons (Fsp3) is 0.0769. The van der Waals surface area contributed by atoms with E-state index in [1.54, 1.807) is 6.07 Å². The first-order valence-electron chi connectivity index (χ1n) is 5.29. The summed E-state index contributed by atoms with van der Waals surface area (Å²) in [6.45, 7) is 1.31. The van der Waals surface area contributed by atoms with Crippen molar-refractivity contribution in [2.75, 3.05) is 0 Å². The van der Waals surface area contributed by atoms with E-state index < -0.39 is 5.78 Å². The molecule has 88 valence electrons. The van der Waals surface area contributed by atoms with E-state index in [1.807, 2.05) is 0 Å². The minimum atomic E-state index is -0.465. The van der Waals surface area contributed by atoms with E-state index >= 15 is 0 Å². The zero-order valence-corrected chi connectivity index (χ0v) is 9.39. The Morgan fingerprint density at radius 2 is 2.00 bits per heavy atom. The lowest BCUT2D eigenvalue weighted by molar-refractivity contribution is 0.0944. The number of carbonyl (C=O) groups is 3. The molecule has 0 radical (unpaired) electrons. The molecule has 0 aliphatic heterocycles. The maximum absolute atomic E-state index is 12.1. The first-order chi connectivity index (χ1) is 8.59. The average molecular weight is 241 g/mol. The van der Waals surface area contributed by atoms with Gasteiger partial charge in [0.15, 0.2) is 23.1 Å². The second kappa shape index (κ2) is 3.46. The Morgan fingerprint density at radius 3 is 2.72 bits per heavy atom. The maximum atomic E-state index is 12.1. The fourth-order valence-electron chi connectivity index (χ4n) is 1.92. The van der Waals surface area contributed by atoms with Crippen LogP contribution in [0.15, 0.2) is 28.8 Å². The van der Waals surface area contributed by atoms with E-state index in [9.17, 15) is 14.4 Å². The minimum absolute atomic E-state index is 0.00880. The maximum Gasteiger partial charge on any atom is 0.248 e. The molecule has 0 atom stereocenters. The molecular weight excluding hydrogens is 234 g/mol. The number of hydrogen-bond donors (Lipinski definition) is 0. The van der Waals surface area contributed by atoms with Gasteiger partial charge in [0.05, 0.1) is 11.1 Å². The standard InChI is InChI=1S/C13H7NO4/c1-6(15)9-5-8-11(16)7-3-2-4-14-10(7)12(17)13(8)18-9/h2-5H,1H3. The molecule has 0 N–H and O–H groups in total. The van der Waals surface area contributed by atoms with Crippen LogP contribution in [0.25, 0.3) is 0 Å². The van der Waals surface area contributed by atoms with Gasteiger partial charge in [0.2, 0.25) is 5.78 Å². The summed E-state index contributed by atoms with van der Waals surface area (Å²) in [5, 5.41) is 0. The van der Waals surface area contributed by atoms with Crippen LogP contribution < -0.4 is 0 Å². The van der Waals surface area contributed by atoms with Gasteiger partial charge in [-0.25, -0.2) is 0 Å². The van der Waals surface area contributed by atoms with Crippen molar-refractivity contribution >= 4 is 17.3 Å². The van der Waals surface area contributed by atoms with Gasteiger partial charge in [-0.15, -0.1) is 0 Å². The highest BCUT2D eigenvalue weighted by Gasteiger charge is 2.35. The second-order valence-electron chi connectivity index (χ2n) is 3.97. The van der Waals surface area contributed by atoms with E-state index in [0.29, 0.717) is 0 Å². The van der Waals surface area contributed by atoms with Gasteiger partial charge in [-0.1, -0.05) is 0 Å². The van der Waals surface area contributed by atoms with E-state index in [0.717, 1.165) is 0 Å². The highest BCUT2D eigenvalue weighted by Crippen LogP contribution is 2.28. The molecule has 0 fully saturated rings. The molecule has 3 rings (SSSR count). The molecule has 0 bridgehead atoms. The van der Waals surface area contributed by atoms with Crippen molar-refractivity contribution < 1.29 is 18.8 Å². The van der Waals surface area contributed by atoms with Gasteiger partial charge in [-0.05, 0) is 18.2 Å². The Kier molecular flexibility index (Phi) is 2.04. The van der Waals surface area contributed by atoms with Gasteiger partial charge in [-0.2, -0.15) is 0 Å². The van der Waals surface area contributed by atoms with Crippen molar-refractivity contribution in [1.29, 1.82) is 0 Å². The minimum Gasteiger partial charge on any atom is -0.449 e. The Labute approximate surface area is 101 Å². The molecule has 18 heavy (non-hydrogen) atoms. The fourth-order valence-corrected chi connectivity index (χ4v) is 1.92. The van der Waals surface area contributed by atoms with Crippen LogP contribution in [0.4, 0.5) is 0 Å². The van der Waals surface area contributed by atoms with Crippen LogP contribution in [0.3, 0.4) is 0 Å². The number of carbonyl (C=O) groups excluding carboxylic acids is 3. The molecular formula is C13H7NO4. The number of pyridine rings is 1. The number of Topliss-reactive ketones (excluding diaryl/α,β-unsaturated/α-hetero) is 1. The van der Waals surface area contributed by atoms with Crippen molar-refractivity contribution in [3.63, 3.8) is 0 Å². The van der Waals surface area contributed by atoms with Gasteiger partial charge in [-0.3, -0.25) is 19.4 Å². The quantitative estimate of drug-likeness (QED) is 0.605. The molecule has 1 aliphatic carbocycles. The third-order valence-corrected chi connectivity index (χ3v) is 2.80. The Hall–Kier alpha value is -2.56. The summed E-state index contributed by atoms with van der Waals surface area (Å²) in [6, 6.07) is 4.43. The summed E-state index contributed by atoms with van der Waals surface area (Å²) in [6.07, 6.45) is 1.43. The lowest BCUT2D eigenvalue weighted by Gasteiger charge is -2.10. The zero-order chi connectivity index (χ0) is 12.9. The molecule has 5 nitrogen and oxygen atoms in total. The van der Waals surface area contributed by atoms with E-state index in [-0.39, 0.29) is 39.9 Å². The van der Waals surface area contributed by atoms with Gasteiger partial charge in [0, 0.05) is 13.1 Å². The number of ketones is 3. The van der Waals surface area contributed by atoms with Gasteiger partial charge >= 0.3 is 0 Å². The summed E-state index contributed by atoms with van der Waals surface area (Å²) in [5.74, 6) is -1.23. The Balaban J connectivity index is 2.27. The summed E-state index contributed by atoms with van der Waals surface area (Å²) in [5.41, 5.74) is 0.441. The Bertz CT molecular complexity index is 659. The average Bonchev–Trinajstić information content (AvgIpc) is 2.81. The first kappa shape index (κ1) is 10.6. The number of hydrogen-bond acceptors (Lipinski definition) is 5. The number of fused-ring (bicyclic) bond motifs is 2. The molecule has 0 spiro atoms. The lowest BCUT2D eigenvalue weighted by atomic mass is 9.92. The number of aromatic nitrogens is 1. The smallest absolute Gasteiger partial charge is 0.248 e. The molecule has 0 saturated heterocycles. The van der Waals surface area contributed by atoms with Crippen LogP contribution in [-0.4, -0.2) is 22.3 Å². The third kappa shape index (κ3) is 1.27. The van der Waals surface area contributed by atoms with Gasteiger partial charge in [0.25, 0.3) is 0 Å². The van der Waals surface area contributed by atoms with E-state index in [1.165, 1.54) is 25.3 Å². The highest BCUT2D eigenvalue weighted by molar-refractivity contribution is 6.27. The molecule has 0 saturated carbocycles. The van der Waals surface area contributed by atoms with Crippen LogP contribution in [0.2, 0.25) is 0 Å². The third-order valence-electron chi connectivity index (χ3n) is 2.80. The summed E-state index contributed by atoms with van der Waals surface area (Å²) in [4.78, 5) is 39.3. The van der Waals surface area contributed by atoms with Crippen LogP contribution in [-0.2, 0) is 0 Å². The predicted molar refractivity (Wildman–Crippen MR) is 59.8 cm³/mol. The van der Waals surface area contributed by atoms with E-state index in [2.05, 4.69) is 4.98 Å². The monoisotopic (exact) mass is 241 g/mol. The van der Waals surface area contributed by atoms with Crippen molar-refractivity contribution in [2.45, 2.75) is 6.92 Å². The zero-order valence-electron chi connectivity index (χ0n) is 9.39. The van der Waals surface area contributed by atoms with Crippen LogP contribution in [0.1, 0.15) is 49.6 Å². The van der Waals surface area contributed by atoms with Crippen LogP contribution in [0, 0.1) is 0 Å². The van der Waals surface area contributed by atoms with Crippen molar-refractivity contribution in [1.82, 2.24) is 4.98 Å². The van der Waals surface area contributed by atoms with Gasteiger partial charge < -0.3 is 4.42 Å². The van der Waals surface area contributed by atoms with Crippen LogP contribution in [0.5, 0.6) is 0 Å². The molecule has 1 aliphatic rings. The molecule has 0 unspecified atom stereocenters. The lowest BCUT2D eigenvalue weighted by Crippen LogP contribution is -2.20. The SMILES string of the molecule is CC(=O)c1cc2c(o1)C(=O)c1ncccc1C2=O. The van der Waals surface area contributed by atoms with Crippen molar-refractivity contribution in [3.05, 3.63) is 52.7 Å². The molecule has 2 heterocycles. The molecule has 0 amide bonds. The molecule has 2 aromatic heterocycles. The predicted octanol–water partition coefficient (Wildman–Crippen LogP) is 1.65. The van der Waals surface area contributed by atoms with Crippen LogP contribution >= 0.6 is 0 Å². The summed E-state index contributed by atoms with van der Waals surface area (Å²) >= 11 is 0. The van der Waals surface area contributed by atoms with E-state index in [4.69, 9.17) is 4.42 Å². The first-order valence-corrected chi connectivity index (χ1v) is 5.29. The molecule has 0 aromatic carbocycles. The highest BCUT2D eigenvalue weighted by atomic mass is 16.4. The normalized spacial score (nSPS) is 13.2. The Morgan fingerprint density at radius 1 is 1.22 bits per heavy atom. The number of rotatable bonds is 1. The molecule has 2 aromatic rings. The molecule has 5 heteroatoms. The van der Waals surface area contributed by atoms with Gasteiger partial charge in [0.1, 0.15) is 5.69 Å². The van der Waals surface area contributed by atoms with Crippen molar-refractivity contribution in [3.8, 4) is 0 Å². The summed E-state index contributed by atoms with van der Waals surface area (Å²) in [7, 11) is 0. The second-order valence-corrected chi connectivity index (χ2v) is 3.97. The van der Waals surface area contributed by atoms with Crippen molar-refractivity contribution in [2.24, 2.45) is 0 Å².